The molecule has 1 N–H and O–H groups in total. The highest BCUT2D eigenvalue weighted by molar-refractivity contribution is 5.99. The Balaban J connectivity index is 2.00. The molecule has 29 heavy (non-hydrogen) atoms. The van der Waals surface area contributed by atoms with E-state index in [2.05, 4.69) is 6.92 Å². The zero-order valence-corrected chi connectivity index (χ0v) is 18.3. The van der Waals surface area contributed by atoms with Gasteiger partial charge in [-0.15, -0.1) is 0 Å². The lowest BCUT2D eigenvalue weighted by molar-refractivity contribution is -0.160. The smallest absolute Gasteiger partial charge is 0.308 e. The van der Waals surface area contributed by atoms with E-state index in [1.165, 1.54) is 4.90 Å². The molecule has 0 bridgehead atoms. The average Bonchev–Trinajstić information content (AvgIpc) is 2.56. The minimum absolute atomic E-state index is 0.0576. The Morgan fingerprint density at radius 2 is 1.76 bits per heavy atom. The summed E-state index contributed by atoms with van der Waals surface area (Å²) in [6, 6.07) is 0. The second-order valence-electron chi connectivity index (χ2n) is 9.48. The Bertz CT molecular complexity index is 640. The molecule has 7 nitrogen and oxygen atoms in total. The lowest BCUT2D eigenvalue weighted by atomic mass is 9.71. The number of piperidine rings is 1. The van der Waals surface area contributed by atoms with Gasteiger partial charge >= 0.3 is 5.97 Å². The molecule has 2 fully saturated rings. The summed E-state index contributed by atoms with van der Waals surface area (Å²) in [6.45, 7) is 9.29. The summed E-state index contributed by atoms with van der Waals surface area (Å²) in [4.78, 5) is 51.0. The maximum absolute atomic E-state index is 12.7. The fourth-order valence-electron chi connectivity index (χ4n) is 4.96. The molecule has 0 spiro atoms. The fourth-order valence-corrected chi connectivity index (χ4v) is 4.96. The Labute approximate surface area is 173 Å². The topological polar surface area (TPSA) is 101 Å². The minimum atomic E-state index is -0.964. The first-order chi connectivity index (χ1) is 13.5. The van der Waals surface area contributed by atoms with Crippen molar-refractivity contribution in [2.45, 2.75) is 84.8 Å². The summed E-state index contributed by atoms with van der Waals surface area (Å²) in [5, 5.41) is 10.7. The zero-order chi connectivity index (χ0) is 21.9. The van der Waals surface area contributed by atoms with Gasteiger partial charge in [-0.3, -0.25) is 24.1 Å². The van der Waals surface area contributed by atoms with E-state index in [1.807, 2.05) is 6.92 Å². The number of ether oxygens (including phenoxy) is 1. The fraction of sp³-hybridized carbons (Fsp3) is 0.818. The van der Waals surface area contributed by atoms with Gasteiger partial charge < -0.3 is 9.84 Å². The maximum atomic E-state index is 12.7. The van der Waals surface area contributed by atoms with E-state index in [-0.39, 0.29) is 61.7 Å². The standard InChI is InChI=1S/C22H35NO6/c1-6-29-20(27)12-22(4,5)23-18(25)10-15(11-19(23)26)9-17(24)16-8-13(2)7-14(3)21(16)28/h13-17,24H,6-12H2,1-5H3/t13-,14-,16?,17?/m0/s1. The maximum Gasteiger partial charge on any atom is 0.308 e. The molecular formula is C22H35NO6. The van der Waals surface area contributed by atoms with Gasteiger partial charge in [0.05, 0.1) is 24.7 Å². The van der Waals surface area contributed by atoms with Crippen LogP contribution in [0.5, 0.6) is 0 Å². The number of likely N-dealkylation sites (tertiary alicyclic amines) is 1. The Hall–Kier alpha value is -1.76. The molecule has 0 aromatic rings. The zero-order valence-electron chi connectivity index (χ0n) is 18.3. The number of Topliss-reactive ketones (excluding diaryl/α,β-unsaturated/α-hetero) is 1. The van der Waals surface area contributed by atoms with E-state index in [4.69, 9.17) is 4.74 Å². The number of carbonyl (C=O) groups is 4. The normalized spacial score (nSPS) is 27.9. The van der Waals surface area contributed by atoms with Crippen molar-refractivity contribution in [1.82, 2.24) is 4.90 Å². The highest BCUT2D eigenvalue weighted by Gasteiger charge is 2.44. The van der Waals surface area contributed by atoms with Crippen LogP contribution in [0, 0.1) is 23.7 Å². The van der Waals surface area contributed by atoms with Crippen molar-refractivity contribution >= 4 is 23.6 Å². The molecule has 164 valence electrons. The van der Waals surface area contributed by atoms with Crippen LogP contribution in [0.1, 0.15) is 73.1 Å². The van der Waals surface area contributed by atoms with Crippen LogP contribution in [-0.2, 0) is 23.9 Å². The van der Waals surface area contributed by atoms with E-state index in [1.54, 1.807) is 20.8 Å². The summed E-state index contributed by atoms with van der Waals surface area (Å²) in [7, 11) is 0. The van der Waals surface area contributed by atoms with Crippen LogP contribution in [0.3, 0.4) is 0 Å². The van der Waals surface area contributed by atoms with Gasteiger partial charge in [0.15, 0.2) is 0 Å². The third-order valence-electron chi connectivity index (χ3n) is 6.22. The van der Waals surface area contributed by atoms with E-state index in [0.717, 1.165) is 6.42 Å². The first-order valence-electron chi connectivity index (χ1n) is 10.7. The van der Waals surface area contributed by atoms with Gasteiger partial charge in [-0.25, -0.2) is 0 Å². The van der Waals surface area contributed by atoms with Gasteiger partial charge in [0.25, 0.3) is 0 Å². The Morgan fingerprint density at radius 3 is 2.31 bits per heavy atom. The number of carbonyl (C=O) groups excluding carboxylic acids is 4. The predicted octanol–water partition coefficient (Wildman–Crippen LogP) is 2.49. The molecule has 1 saturated carbocycles. The van der Waals surface area contributed by atoms with Gasteiger partial charge in [0, 0.05) is 24.7 Å². The van der Waals surface area contributed by atoms with Crippen LogP contribution >= 0.6 is 0 Å². The van der Waals surface area contributed by atoms with Gasteiger partial charge in [0.2, 0.25) is 11.8 Å². The first kappa shape index (κ1) is 23.5. The van der Waals surface area contributed by atoms with Crippen molar-refractivity contribution < 1.29 is 29.0 Å². The van der Waals surface area contributed by atoms with Crippen LogP contribution in [-0.4, -0.2) is 51.8 Å². The summed E-state index contributed by atoms with van der Waals surface area (Å²) in [5.74, 6) is -1.45. The molecule has 2 rings (SSSR count). The molecule has 0 radical (unpaired) electrons. The van der Waals surface area contributed by atoms with Crippen LogP contribution in [0.15, 0.2) is 0 Å². The molecule has 1 heterocycles. The second kappa shape index (κ2) is 9.37. The molecule has 0 aromatic heterocycles. The van der Waals surface area contributed by atoms with Crippen molar-refractivity contribution in [3.63, 3.8) is 0 Å². The largest absolute Gasteiger partial charge is 0.466 e. The third-order valence-corrected chi connectivity index (χ3v) is 6.22. The van der Waals surface area contributed by atoms with Gasteiger partial charge in [-0.2, -0.15) is 0 Å². The predicted molar refractivity (Wildman–Crippen MR) is 107 cm³/mol. The molecule has 1 aliphatic heterocycles. The number of aliphatic hydroxyl groups is 1. The van der Waals surface area contributed by atoms with Crippen molar-refractivity contribution in [2.24, 2.45) is 23.7 Å². The number of esters is 1. The summed E-state index contributed by atoms with van der Waals surface area (Å²) >= 11 is 0. The molecule has 2 unspecified atom stereocenters. The van der Waals surface area contributed by atoms with Crippen LogP contribution in [0.2, 0.25) is 0 Å². The van der Waals surface area contributed by atoms with Crippen LogP contribution < -0.4 is 0 Å². The molecule has 1 saturated heterocycles. The van der Waals surface area contributed by atoms with Crippen LogP contribution in [0.25, 0.3) is 0 Å². The lowest BCUT2D eigenvalue weighted by Crippen LogP contribution is -2.55. The second-order valence-corrected chi connectivity index (χ2v) is 9.48. The van der Waals surface area contributed by atoms with Crippen molar-refractivity contribution in [3.05, 3.63) is 0 Å². The number of amides is 2. The molecular weight excluding hydrogens is 374 g/mol. The quantitative estimate of drug-likeness (QED) is 0.512. The number of nitrogens with zero attached hydrogens (tertiary/aromatic N) is 1. The average molecular weight is 410 g/mol. The van der Waals surface area contributed by atoms with E-state index in [9.17, 15) is 24.3 Å². The van der Waals surface area contributed by atoms with Crippen molar-refractivity contribution in [2.75, 3.05) is 6.61 Å². The van der Waals surface area contributed by atoms with Gasteiger partial charge in [-0.05, 0) is 51.9 Å². The first-order valence-corrected chi connectivity index (χ1v) is 10.7. The molecule has 2 aliphatic rings. The van der Waals surface area contributed by atoms with E-state index >= 15 is 0 Å². The molecule has 2 amide bonds. The SMILES string of the molecule is CCOC(=O)CC(C)(C)N1C(=O)CC(CC(O)C2C[C@@H](C)C[C@H](C)C2=O)CC1=O. The number of ketones is 1. The highest BCUT2D eigenvalue weighted by atomic mass is 16.5. The van der Waals surface area contributed by atoms with E-state index in [0.29, 0.717) is 12.3 Å². The molecule has 7 heteroatoms. The number of hydrogen-bond donors (Lipinski definition) is 1. The number of aliphatic hydroxyl groups excluding tert-OH is 1. The third kappa shape index (κ3) is 5.65. The Kier molecular flexibility index (Phi) is 7.60. The number of rotatable bonds is 7. The van der Waals surface area contributed by atoms with Crippen molar-refractivity contribution in [3.8, 4) is 0 Å². The lowest BCUT2D eigenvalue weighted by Gasteiger charge is -2.41. The van der Waals surface area contributed by atoms with Crippen molar-refractivity contribution in [1.29, 1.82) is 0 Å². The summed E-state index contributed by atoms with van der Waals surface area (Å²) < 4.78 is 4.95. The molecule has 4 atom stereocenters. The minimum Gasteiger partial charge on any atom is -0.466 e. The summed E-state index contributed by atoms with van der Waals surface area (Å²) in [5.41, 5.74) is -0.964. The monoisotopic (exact) mass is 409 g/mol. The van der Waals surface area contributed by atoms with E-state index < -0.39 is 23.5 Å². The Morgan fingerprint density at radius 1 is 1.17 bits per heavy atom. The summed E-state index contributed by atoms with van der Waals surface area (Å²) in [6.07, 6.45) is 1.11. The van der Waals surface area contributed by atoms with Crippen LogP contribution in [0.4, 0.5) is 0 Å². The molecule has 0 aromatic carbocycles. The van der Waals surface area contributed by atoms with Gasteiger partial charge in [-0.1, -0.05) is 13.8 Å². The number of hydrogen-bond acceptors (Lipinski definition) is 6. The highest BCUT2D eigenvalue weighted by Crippen LogP contribution is 2.36. The van der Waals surface area contributed by atoms with Gasteiger partial charge in [0.1, 0.15) is 5.78 Å². The number of imide groups is 1. The molecule has 1 aliphatic carbocycles.